The lowest BCUT2D eigenvalue weighted by molar-refractivity contribution is 0.587. The number of hydrogen-bond donors (Lipinski definition) is 1. The van der Waals surface area contributed by atoms with Gasteiger partial charge in [0.05, 0.1) is 6.54 Å². The first-order valence-electron chi connectivity index (χ1n) is 5.88. The first-order chi connectivity index (χ1) is 8.45. The SMILES string of the molecule is CC(C)(C)c1ccc(NCc2cc(Br)cs2)nc1. The van der Waals surface area contributed by atoms with Crippen molar-refractivity contribution < 1.29 is 0 Å². The van der Waals surface area contributed by atoms with Gasteiger partial charge in [-0.3, -0.25) is 0 Å². The van der Waals surface area contributed by atoms with E-state index in [-0.39, 0.29) is 5.41 Å². The molecule has 2 nitrogen and oxygen atoms in total. The fraction of sp³-hybridized carbons (Fsp3) is 0.357. The van der Waals surface area contributed by atoms with Crippen LogP contribution in [-0.2, 0) is 12.0 Å². The highest BCUT2D eigenvalue weighted by Gasteiger charge is 2.13. The van der Waals surface area contributed by atoms with E-state index in [1.54, 1.807) is 11.3 Å². The van der Waals surface area contributed by atoms with Crippen molar-refractivity contribution >= 4 is 33.1 Å². The minimum atomic E-state index is 0.157. The molecule has 0 unspecified atom stereocenters. The summed E-state index contributed by atoms with van der Waals surface area (Å²) in [6.07, 6.45) is 1.95. The van der Waals surface area contributed by atoms with E-state index in [0.717, 1.165) is 16.8 Å². The van der Waals surface area contributed by atoms with E-state index < -0.39 is 0 Å². The van der Waals surface area contributed by atoms with Crippen LogP contribution in [0.25, 0.3) is 0 Å². The summed E-state index contributed by atoms with van der Waals surface area (Å²) in [4.78, 5) is 5.74. The number of rotatable bonds is 3. The molecule has 2 aromatic rings. The van der Waals surface area contributed by atoms with Crippen LogP contribution in [0.3, 0.4) is 0 Å². The Hall–Kier alpha value is -0.870. The summed E-state index contributed by atoms with van der Waals surface area (Å²) in [6.45, 7) is 7.40. The lowest BCUT2D eigenvalue weighted by Crippen LogP contribution is -2.11. The van der Waals surface area contributed by atoms with Gasteiger partial charge in [-0.15, -0.1) is 11.3 Å². The molecule has 0 saturated heterocycles. The van der Waals surface area contributed by atoms with Crippen molar-refractivity contribution in [3.63, 3.8) is 0 Å². The predicted molar refractivity (Wildman–Crippen MR) is 82.3 cm³/mol. The number of nitrogens with zero attached hydrogens (tertiary/aromatic N) is 1. The smallest absolute Gasteiger partial charge is 0.126 e. The van der Waals surface area contributed by atoms with Crippen molar-refractivity contribution in [2.24, 2.45) is 0 Å². The summed E-state index contributed by atoms with van der Waals surface area (Å²) in [5, 5.41) is 5.42. The first-order valence-corrected chi connectivity index (χ1v) is 7.56. The van der Waals surface area contributed by atoms with Crippen LogP contribution in [0.4, 0.5) is 5.82 Å². The number of pyridine rings is 1. The summed E-state index contributed by atoms with van der Waals surface area (Å²) < 4.78 is 1.14. The molecule has 0 aliphatic rings. The Balaban J connectivity index is 1.98. The van der Waals surface area contributed by atoms with Crippen molar-refractivity contribution in [3.8, 4) is 0 Å². The van der Waals surface area contributed by atoms with Gasteiger partial charge >= 0.3 is 0 Å². The second kappa shape index (κ2) is 5.41. The Kier molecular flexibility index (Phi) is 4.07. The summed E-state index contributed by atoms with van der Waals surface area (Å²) >= 11 is 5.20. The molecular weight excluding hydrogens is 308 g/mol. The normalized spacial score (nSPS) is 11.6. The summed E-state index contributed by atoms with van der Waals surface area (Å²) in [7, 11) is 0. The molecule has 0 aliphatic heterocycles. The summed E-state index contributed by atoms with van der Waals surface area (Å²) in [5.41, 5.74) is 1.41. The maximum absolute atomic E-state index is 4.45. The average Bonchev–Trinajstić information content (AvgIpc) is 2.72. The van der Waals surface area contributed by atoms with Gasteiger partial charge in [-0.25, -0.2) is 4.98 Å². The van der Waals surface area contributed by atoms with E-state index >= 15 is 0 Å². The lowest BCUT2D eigenvalue weighted by atomic mass is 9.88. The Morgan fingerprint density at radius 3 is 2.61 bits per heavy atom. The number of halogens is 1. The summed E-state index contributed by atoms with van der Waals surface area (Å²) in [6, 6.07) is 6.31. The van der Waals surface area contributed by atoms with Crippen molar-refractivity contribution in [2.75, 3.05) is 5.32 Å². The van der Waals surface area contributed by atoms with Crippen LogP contribution < -0.4 is 5.32 Å². The predicted octanol–water partition coefficient (Wildman–Crippen LogP) is 4.82. The molecule has 96 valence electrons. The minimum Gasteiger partial charge on any atom is -0.365 e. The number of aromatic nitrogens is 1. The van der Waals surface area contributed by atoms with E-state index in [9.17, 15) is 0 Å². The van der Waals surface area contributed by atoms with Crippen molar-refractivity contribution in [1.82, 2.24) is 4.98 Å². The zero-order valence-corrected chi connectivity index (χ0v) is 13.2. The largest absolute Gasteiger partial charge is 0.365 e. The highest BCUT2D eigenvalue weighted by molar-refractivity contribution is 9.10. The molecule has 0 atom stereocenters. The van der Waals surface area contributed by atoms with Gasteiger partial charge in [0, 0.05) is 20.9 Å². The molecule has 0 saturated carbocycles. The molecule has 0 radical (unpaired) electrons. The van der Waals surface area contributed by atoms with Crippen LogP contribution in [0.15, 0.2) is 34.2 Å². The van der Waals surface area contributed by atoms with Gasteiger partial charge in [-0.1, -0.05) is 26.8 Å². The second-order valence-electron chi connectivity index (χ2n) is 5.27. The fourth-order valence-corrected chi connectivity index (χ4v) is 2.96. The fourth-order valence-electron chi connectivity index (χ4n) is 1.57. The van der Waals surface area contributed by atoms with Gasteiger partial charge in [0.15, 0.2) is 0 Å². The van der Waals surface area contributed by atoms with Crippen LogP contribution >= 0.6 is 27.3 Å². The van der Waals surface area contributed by atoms with E-state index in [1.807, 2.05) is 12.3 Å². The molecule has 18 heavy (non-hydrogen) atoms. The number of thiophene rings is 1. The van der Waals surface area contributed by atoms with E-state index in [1.165, 1.54) is 10.4 Å². The van der Waals surface area contributed by atoms with Crippen LogP contribution in [0.1, 0.15) is 31.2 Å². The quantitative estimate of drug-likeness (QED) is 0.875. The molecule has 0 aromatic carbocycles. The van der Waals surface area contributed by atoms with Crippen molar-refractivity contribution in [3.05, 3.63) is 44.7 Å². The molecule has 2 rings (SSSR count). The van der Waals surface area contributed by atoms with Gasteiger partial charge in [0.1, 0.15) is 5.82 Å². The molecule has 0 bridgehead atoms. The van der Waals surface area contributed by atoms with E-state index in [4.69, 9.17) is 0 Å². The van der Waals surface area contributed by atoms with Gasteiger partial charge < -0.3 is 5.32 Å². The average molecular weight is 325 g/mol. The van der Waals surface area contributed by atoms with Crippen LogP contribution in [0.5, 0.6) is 0 Å². The van der Waals surface area contributed by atoms with Gasteiger partial charge in [0.25, 0.3) is 0 Å². The molecule has 0 aliphatic carbocycles. The Bertz CT molecular complexity index is 511. The van der Waals surface area contributed by atoms with E-state index in [2.05, 4.69) is 64.5 Å². The number of hydrogen-bond acceptors (Lipinski definition) is 3. The molecule has 1 N–H and O–H groups in total. The Morgan fingerprint density at radius 2 is 2.11 bits per heavy atom. The zero-order chi connectivity index (χ0) is 13.2. The Labute approximate surface area is 121 Å². The first kappa shape index (κ1) is 13.6. The third kappa shape index (κ3) is 3.56. The summed E-state index contributed by atoms with van der Waals surface area (Å²) in [5.74, 6) is 0.924. The number of anilines is 1. The topological polar surface area (TPSA) is 24.9 Å². The molecule has 0 amide bonds. The Morgan fingerprint density at radius 1 is 1.33 bits per heavy atom. The van der Waals surface area contributed by atoms with Crippen LogP contribution in [-0.4, -0.2) is 4.98 Å². The zero-order valence-electron chi connectivity index (χ0n) is 10.8. The highest BCUT2D eigenvalue weighted by Crippen LogP contribution is 2.23. The maximum atomic E-state index is 4.45. The monoisotopic (exact) mass is 324 g/mol. The lowest BCUT2D eigenvalue weighted by Gasteiger charge is -2.18. The van der Waals surface area contributed by atoms with Crippen molar-refractivity contribution in [1.29, 1.82) is 0 Å². The van der Waals surface area contributed by atoms with Crippen molar-refractivity contribution in [2.45, 2.75) is 32.7 Å². The molecule has 0 fully saturated rings. The van der Waals surface area contributed by atoms with E-state index in [0.29, 0.717) is 0 Å². The molecule has 4 heteroatoms. The molecule has 0 spiro atoms. The minimum absolute atomic E-state index is 0.157. The number of nitrogens with one attached hydrogen (secondary N) is 1. The standard InChI is InChI=1S/C14H17BrN2S/c1-14(2,3)10-4-5-13(16-7-10)17-8-12-6-11(15)9-18-12/h4-7,9H,8H2,1-3H3,(H,16,17). The van der Waals surface area contributed by atoms with Gasteiger partial charge in [-0.05, 0) is 39.0 Å². The maximum Gasteiger partial charge on any atom is 0.126 e. The molecule has 2 aromatic heterocycles. The van der Waals surface area contributed by atoms with Crippen LogP contribution in [0, 0.1) is 0 Å². The molecular formula is C14H17BrN2S. The molecule has 2 heterocycles. The van der Waals surface area contributed by atoms with Gasteiger partial charge in [0.2, 0.25) is 0 Å². The van der Waals surface area contributed by atoms with Gasteiger partial charge in [-0.2, -0.15) is 0 Å². The third-order valence-corrected chi connectivity index (χ3v) is 4.39. The van der Waals surface area contributed by atoms with Crippen LogP contribution in [0.2, 0.25) is 0 Å². The second-order valence-corrected chi connectivity index (χ2v) is 7.18. The third-order valence-electron chi connectivity index (χ3n) is 2.70. The highest BCUT2D eigenvalue weighted by atomic mass is 79.9.